The van der Waals surface area contributed by atoms with Crippen molar-refractivity contribution in [3.63, 3.8) is 0 Å². The van der Waals surface area contributed by atoms with Crippen LogP contribution in [0.4, 0.5) is 0 Å². The van der Waals surface area contributed by atoms with Gasteiger partial charge in [0.05, 0.1) is 6.61 Å². The molecule has 27 heavy (non-hydrogen) atoms. The van der Waals surface area contributed by atoms with Crippen LogP contribution in [0.15, 0.2) is 54.6 Å². The van der Waals surface area contributed by atoms with Gasteiger partial charge in [-0.1, -0.05) is 54.6 Å². The summed E-state index contributed by atoms with van der Waals surface area (Å²) in [5.41, 5.74) is 3.54. The van der Waals surface area contributed by atoms with Crippen LogP contribution < -0.4 is 10.6 Å². The van der Waals surface area contributed by atoms with Gasteiger partial charge in [0.15, 0.2) is 0 Å². The lowest BCUT2D eigenvalue weighted by molar-refractivity contribution is -0.140. The highest BCUT2D eigenvalue weighted by atomic mass is 16.5. The van der Waals surface area contributed by atoms with Crippen molar-refractivity contribution in [3.05, 3.63) is 71.3 Å². The van der Waals surface area contributed by atoms with E-state index in [9.17, 15) is 9.59 Å². The van der Waals surface area contributed by atoms with Crippen LogP contribution in [0.5, 0.6) is 0 Å². The molecule has 5 nitrogen and oxygen atoms in total. The highest BCUT2D eigenvalue weighted by Crippen LogP contribution is 2.26. The summed E-state index contributed by atoms with van der Waals surface area (Å²) in [5.74, 6) is -1.21. The third-order valence-electron chi connectivity index (χ3n) is 4.83. The number of ether oxygens (including phenoxy) is 1. The van der Waals surface area contributed by atoms with E-state index in [1.54, 1.807) is 0 Å². The maximum Gasteiger partial charge on any atom is 0.309 e. The Morgan fingerprint density at radius 3 is 2.63 bits per heavy atom. The van der Waals surface area contributed by atoms with Crippen molar-refractivity contribution < 1.29 is 14.3 Å². The molecule has 3 rings (SSSR count). The molecule has 2 aromatic rings. The Hall–Kier alpha value is -2.66. The average molecular weight is 366 g/mol. The lowest BCUT2D eigenvalue weighted by atomic mass is 9.97. The largest absolute Gasteiger partial charge is 0.371 e. The van der Waals surface area contributed by atoms with Gasteiger partial charge in [-0.2, -0.15) is 0 Å². The molecule has 0 bridgehead atoms. The van der Waals surface area contributed by atoms with Crippen molar-refractivity contribution >= 4 is 11.8 Å². The lowest BCUT2D eigenvalue weighted by Crippen LogP contribution is -2.45. The minimum atomic E-state index is -0.617. The van der Waals surface area contributed by atoms with Crippen LogP contribution >= 0.6 is 0 Å². The van der Waals surface area contributed by atoms with Crippen molar-refractivity contribution in [2.24, 2.45) is 0 Å². The quantitative estimate of drug-likeness (QED) is 0.772. The Morgan fingerprint density at radius 1 is 1.07 bits per heavy atom. The van der Waals surface area contributed by atoms with Gasteiger partial charge in [-0.05, 0) is 42.9 Å². The number of amides is 2. The summed E-state index contributed by atoms with van der Waals surface area (Å²) in [4.78, 5) is 24.2. The minimum Gasteiger partial charge on any atom is -0.371 e. The van der Waals surface area contributed by atoms with Crippen LogP contribution in [-0.4, -0.2) is 31.0 Å². The van der Waals surface area contributed by atoms with Gasteiger partial charge in [0.25, 0.3) is 0 Å². The first-order valence-electron chi connectivity index (χ1n) is 9.45. The summed E-state index contributed by atoms with van der Waals surface area (Å²) in [5, 5.41) is 5.46. The fraction of sp³-hybridized carbons (Fsp3) is 0.364. The van der Waals surface area contributed by atoms with E-state index in [0.29, 0.717) is 13.2 Å². The van der Waals surface area contributed by atoms with Gasteiger partial charge in [0.2, 0.25) is 0 Å². The van der Waals surface area contributed by atoms with E-state index < -0.39 is 11.8 Å². The van der Waals surface area contributed by atoms with Gasteiger partial charge in [-0.3, -0.25) is 9.59 Å². The van der Waals surface area contributed by atoms with Gasteiger partial charge in [-0.25, -0.2) is 0 Å². The van der Waals surface area contributed by atoms with E-state index in [-0.39, 0.29) is 12.1 Å². The normalized spacial score (nSPS) is 16.9. The maximum absolute atomic E-state index is 12.1. The molecule has 1 aliphatic heterocycles. The predicted octanol–water partition coefficient (Wildman–Crippen LogP) is 2.55. The van der Waals surface area contributed by atoms with Gasteiger partial charge >= 0.3 is 11.8 Å². The first-order chi connectivity index (χ1) is 13.1. The smallest absolute Gasteiger partial charge is 0.309 e. The second-order valence-electron chi connectivity index (χ2n) is 6.92. The van der Waals surface area contributed by atoms with Crippen LogP contribution in [0.3, 0.4) is 0 Å². The van der Waals surface area contributed by atoms with Crippen molar-refractivity contribution in [3.8, 4) is 0 Å². The zero-order valence-electron chi connectivity index (χ0n) is 15.6. The third-order valence-corrected chi connectivity index (χ3v) is 4.83. The highest BCUT2D eigenvalue weighted by Gasteiger charge is 2.23. The molecule has 2 atom stereocenters. The van der Waals surface area contributed by atoms with Gasteiger partial charge in [0.1, 0.15) is 6.10 Å². The minimum absolute atomic E-state index is 0.0740. The molecule has 0 fully saturated rings. The highest BCUT2D eigenvalue weighted by molar-refractivity contribution is 6.35. The summed E-state index contributed by atoms with van der Waals surface area (Å²) >= 11 is 0. The molecule has 1 heterocycles. The van der Waals surface area contributed by atoms with Crippen molar-refractivity contribution in [1.29, 1.82) is 0 Å². The number of carbonyl (C=O) groups is 2. The average Bonchev–Trinajstić information content (AvgIpc) is 2.71. The Kier molecular flexibility index (Phi) is 6.60. The summed E-state index contributed by atoms with van der Waals surface area (Å²) in [6.07, 6.45) is 2.31. The van der Waals surface area contributed by atoms with E-state index in [1.807, 2.05) is 43.3 Å². The van der Waals surface area contributed by atoms with Crippen LogP contribution in [0.2, 0.25) is 0 Å². The van der Waals surface area contributed by atoms with Crippen LogP contribution in [0.1, 0.15) is 36.1 Å². The van der Waals surface area contributed by atoms with Gasteiger partial charge in [0, 0.05) is 12.6 Å². The molecule has 0 radical (unpaired) electrons. The molecular formula is C22H26N2O3. The monoisotopic (exact) mass is 366 g/mol. The van der Waals surface area contributed by atoms with Crippen LogP contribution in [-0.2, 0) is 27.2 Å². The van der Waals surface area contributed by atoms with E-state index in [1.165, 1.54) is 11.1 Å². The van der Waals surface area contributed by atoms with Gasteiger partial charge in [-0.15, -0.1) is 0 Å². The number of benzene rings is 2. The molecule has 1 aliphatic rings. The fourth-order valence-electron chi connectivity index (χ4n) is 3.30. The van der Waals surface area contributed by atoms with E-state index >= 15 is 0 Å². The standard InChI is InChI=1S/C22H26N2O3/c1-16(11-12-17-7-3-2-4-8-17)24-22(26)21(25)23-15-20-19-10-6-5-9-18(19)13-14-27-20/h2-10,16,20H,11-15H2,1H3,(H,23,25)(H,24,26)/t16-,20+/m1/s1. The number of fused-ring (bicyclic) bond motifs is 1. The number of rotatable bonds is 6. The Morgan fingerprint density at radius 2 is 1.81 bits per heavy atom. The SMILES string of the molecule is C[C@H](CCc1ccccc1)NC(=O)C(=O)NC[C@@H]1OCCc2ccccc21. The summed E-state index contributed by atoms with van der Waals surface area (Å²) < 4.78 is 5.76. The molecule has 0 saturated carbocycles. The molecule has 5 heteroatoms. The molecule has 0 aliphatic carbocycles. The number of carbonyl (C=O) groups excluding carboxylic acids is 2. The summed E-state index contributed by atoms with van der Waals surface area (Å²) in [7, 11) is 0. The van der Waals surface area contributed by atoms with E-state index in [4.69, 9.17) is 4.74 Å². The van der Waals surface area contributed by atoms with Crippen LogP contribution in [0.25, 0.3) is 0 Å². The second-order valence-corrected chi connectivity index (χ2v) is 6.92. The van der Waals surface area contributed by atoms with Crippen molar-refractivity contribution in [2.75, 3.05) is 13.2 Å². The number of nitrogens with one attached hydrogen (secondary N) is 2. The first-order valence-corrected chi connectivity index (χ1v) is 9.45. The number of hydrogen-bond donors (Lipinski definition) is 2. The molecule has 2 aromatic carbocycles. The fourth-order valence-corrected chi connectivity index (χ4v) is 3.30. The molecular weight excluding hydrogens is 340 g/mol. The zero-order valence-corrected chi connectivity index (χ0v) is 15.6. The molecule has 142 valence electrons. The number of hydrogen-bond acceptors (Lipinski definition) is 3. The Bertz CT molecular complexity index is 776. The Labute approximate surface area is 160 Å². The van der Waals surface area contributed by atoms with Crippen molar-refractivity contribution in [2.45, 2.75) is 38.3 Å². The lowest BCUT2D eigenvalue weighted by Gasteiger charge is -2.26. The zero-order chi connectivity index (χ0) is 19.1. The molecule has 2 N–H and O–H groups in total. The second kappa shape index (κ2) is 9.33. The van der Waals surface area contributed by atoms with E-state index in [0.717, 1.165) is 24.8 Å². The predicted molar refractivity (Wildman–Crippen MR) is 104 cm³/mol. The molecule has 0 saturated heterocycles. The molecule has 0 spiro atoms. The number of aryl methyl sites for hydroxylation is 1. The van der Waals surface area contributed by atoms with E-state index in [2.05, 4.69) is 28.8 Å². The molecule has 0 unspecified atom stereocenters. The molecule has 0 aromatic heterocycles. The Balaban J connectivity index is 1.43. The van der Waals surface area contributed by atoms with Crippen LogP contribution in [0, 0.1) is 0 Å². The molecule has 2 amide bonds. The maximum atomic E-state index is 12.1. The van der Waals surface area contributed by atoms with Gasteiger partial charge < -0.3 is 15.4 Å². The topological polar surface area (TPSA) is 67.4 Å². The third kappa shape index (κ3) is 5.41. The first kappa shape index (κ1) is 19.1. The summed E-state index contributed by atoms with van der Waals surface area (Å²) in [6.45, 7) is 2.83. The van der Waals surface area contributed by atoms with Crippen molar-refractivity contribution in [1.82, 2.24) is 10.6 Å². The summed E-state index contributed by atoms with van der Waals surface area (Å²) in [6, 6.07) is 18.1.